The largest absolute Gasteiger partial charge is 0.494 e. The highest BCUT2D eigenvalue weighted by Crippen LogP contribution is 2.24. The molecule has 6 heteroatoms. The molecule has 0 saturated heterocycles. The molecular weight excluding hydrogens is 354 g/mol. The third kappa shape index (κ3) is 6.01. The van der Waals surface area contributed by atoms with Crippen LogP contribution in [-0.2, 0) is 10.2 Å². The lowest BCUT2D eigenvalue weighted by atomic mass is 9.87. The Kier molecular flexibility index (Phi) is 7.04. The Hall–Kier alpha value is -3.02. The molecule has 0 aromatic heterocycles. The van der Waals surface area contributed by atoms with Gasteiger partial charge in [-0.15, -0.1) is 0 Å². The molecule has 0 radical (unpaired) electrons. The first-order chi connectivity index (χ1) is 13.2. The molecule has 150 valence electrons. The molecule has 6 nitrogen and oxygen atoms in total. The van der Waals surface area contributed by atoms with E-state index in [4.69, 9.17) is 10.5 Å². The maximum Gasteiger partial charge on any atom is 0.328 e. The number of urea groups is 1. The third-order valence-corrected chi connectivity index (χ3v) is 4.23. The first kappa shape index (κ1) is 21.3. The molecule has 3 amide bonds. The Labute approximate surface area is 166 Å². The highest BCUT2D eigenvalue weighted by molar-refractivity contribution is 6.13. The summed E-state index contributed by atoms with van der Waals surface area (Å²) < 4.78 is 5.72. The van der Waals surface area contributed by atoms with Crippen molar-refractivity contribution in [2.45, 2.75) is 39.5 Å². The zero-order chi connectivity index (χ0) is 20.7. The van der Waals surface area contributed by atoms with E-state index in [-0.39, 0.29) is 11.3 Å². The number of amides is 3. The molecule has 2 aromatic carbocycles. The number of carbonyl (C=O) groups excluding carboxylic acids is 2. The molecule has 0 atom stereocenters. The van der Waals surface area contributed by atoms with Gasteiger partial charge >= 0.3 is 6.03 Å². The van der Waals surface area contributed by atoms with Crippen molar-refractivity contribution in [2.24, 2.45) is 0 Å². The van der Waals surface area contributed by atoms with Crippen LogP contribution < -0.4 is 20.7 Å². The van der Waals surface area contributed by atoms with Gasteiger partial charge in [0.25, 0.3) is 0 Å². The van der Waals surface area contributed by atoms with Crippen LogP contribution in [0.3, 0.4) is 0 Å². The molecule has 0 aliphatic rings. The first-order valence-corrected chi connectivity index (χ1v) is 9.36. The molecule has 2 aromatic rings. The van der Waals surface area contributed by atoms with Gasteiger partial charge in [-0.05, 0) is 47.7 Å². The Morgan fingerprint density at radius 1 is 1.11 bits per heavy atom. The van der Waals surface area contributed by atoms with Crippen molar-refractivity contribution in [1.82, 2.24) is 5.32 Å². The van der Waals surface area contributed by atoms with Crippen LogP contribution in [-0.4, -0.2) is 25.1 Å². The van der Waals surface area contributed by atoms with Crippen LogP contribution in [0.5, 0.6) is 5.75 Å². The minimum atomic E-state index is -0.479. The van der Waals surface area contributed by atoms with E-state index in [9.17, 15) is 9.59 Å². The Morgan fingerprint density at radius 2 is 1.79 bits per heavy atom. The molecule has 0 spiro atoms. The van der Waals surface area contributed by atoms with Crippen molar-refractivity contribution < 1.29 is 14.3 Å². The molecule has 0 unspecified atom stereocenters. The minimum Gasteiger partial charge on any atom is -0.494 e. The SMILES string of the molecule is CC(=O)N(C(=O)NCCCOc1ccc(C(C)(C)C)cc1)c1cccc(N)c1. The predicted molar refractivity (Wildman–Crippen MR) is 113 cm³/mol. The summed E-state index contributed by atoms with van der Waals surface area (Å²) in [4.78, 5) is 25.3. The van der Waals surface area contributed by atoms with Crippen molar-refractivity contribution in [3.63, 3.8) is 0 Å². The summed E-state index contributed by atoms with van der Waals surface area (Å²) in [7, 11) is 0. The summed E-state index contributed by atoms with van der Waals surface area (Å²) in [6.45, 7) is 8.70. The Bertz CT molecular complexity index is 811. The molecule has 0 aliphatic carbocycles. The minimum absolute atomic E-state index is 0.106. The number of carbonyl (C=O) groups is 2. The van der Waals surface area contributed by atoms with Gasteiger partial charge in [0, 0.05) is 19.2 Å². The van der Waals surface area contributed by atoms with Crippen molar-refractivity contribution >= 4 is 23.3 Å². The standard InChI is InChI=1S/C22H29N3O3/c1-16(26)25(19-8-5-7-18(23)15-19)21(27)24-13-6-14-28-20-11-9-17(10-12-20)22(2,3)4/h5,7-12,15H,6,13-14,23H2,1-4H3,(H,24,27). The summed E-state index contributed by atoms with van der Waals surface area (Å²) in [5.74, 6) is 0.419. The maximum atomic E-state index is 12.4. The molecule has 0 saturated carbocycles. The number of nitrogens with zero attached hydrogens (tertiary/aromatic N) is 1. The number of anilines is 2. The number of nitrogens with one attached hydrogen (secondary N) is 1. The lowest BCUT2D eigenvalue weighted by molar-refractivity contribution is -0.115. The average molecular weight is 383 g/mol. The monoisotopic (exact) mass is 383 g/mol. The smallest absolute Gasteiger partial charge is 0.328 e. The van der Waals surface area contributed by atoms with Gasteiger partial charge < -0.3 is 15.8 Å². The van der Waals surface area contributed by atoms with Crippen LogP contribution >= 0.6 is 0 Å². The zero-order valence-corrected chi connectivity index (χ0v) is 17.0. The first-order valence-electron chi connectivity index (χ1n) is 9.36. The predicted octanol–water partition coefficient (Wildman–Crippen LogP) is 4.10. The van der Waals surface area contributed by atoms with Gasteiger partial charge in [-0.25, -0.2) is 9.69 Å². The van der Waals surface area contributed by atoms with Crippen molar-refractivity contribution in [1.29, 1.82) is 0 Å². The highest BCUT2D eigenvalue weighted by Gasteiger charge is 2.19. The maximum absolute atomic E-state index is 12.4. The van der Waals surface area contributed by atoms with E-state index in [2.05, 4.69) is 38.2 Å². The second-order valence-electron chi connectivity index (χ2n) is 7.66. The van der Waals surface area contributed by atoms with Crippen LogP contribution in [0.4, 0.5) is 16.2 Å². The topological polar surface area (TPSA) is 84.7 Å². The summed E-state index contributed by atoms with van der Waals surface area (Å²) in [6.07, 6.45) is 0.620. The van der Waals surface area contributed by atoms with E-state index < -0.39 is 6.03 Å². The van der Waals surface area contributed by atoms with E-state index >= 15 is 0 Å². The van der Waals surface area contributed by atoms with Crippen molar-refractivity contribution in [2.75, 3.05) is 23.8 Å². The van der Waals surface area contributed by atoms with Crippen LogP contribution in [0.2, 0.25) is 0 Å². The molecule has 3 N–H and O–H groups in total. The van der Waals surface area contributed by atoms with E-state index in [1.807, 2.05) is 12.1 Å². The van der Waals surface area contributed by atoms with E-state index in [0.29, 0.717) is 30.9 Å². The average Bonchev–Trinajstić information content (AvgIpc) is 2.61. The normalized spacial score (nSPS) is 11.0. The van der Waals surface area contributed by atoms with E-state index in [1.165, 1.54) is 12.5 Å². The summed E-state index contributed by atoms with van der Waals surface area (Å²) >= 11 is 0. The summed E-state index contributed by atoms with van der Waals surface area (Å²) in [5, 5.41) is 2.74. The van der Waals surface area contributed by atoms with Crippen molar-refractivity contribution in [3.8, 4) is 5.75 Å². The fraction of sp³-hybridized carbons (Fsp3) is 0.364. The quantitative estimate of drug-likeness (QED) is 0.581. The highest BCUT2D eigenvalue weighted by atomic mass is 16.5. The Balaban J connectivity index is 1.80. The number of imide groups is 1. The number of nitrogen functional groups attached to an aromatic ring is 1. The second-order valence-corrected chi connectivity index (χ2v) is 7.66. The van der Waals surface area contributed by atoms with Crippen LogP contribution in [0.15, 0.2) is 48.5 Å². The van der Waals surface area contributed by atoms with Crippen molar-refractivity contribution in [3.05, 3.63) is 54.1 Å². The molecule has 2 rings (SSSR count). The third-order valence-electron chi connectivity index (χ3n) is 4.23. The van der Waals surface area contributed by atoms with Gasteiger partial charge in [-0.3, -0.25) is 4.79 Å². The number of ether oxygens (including phenoxy) is 1. The number of nitrogens with two attached hydrogens (primary N) is 1. The molecule has 28 heavy (non-hydrogen) atoms. The fourth-order valence-electron chi connectivity index (χ4n) is 2.69. The van der Waals surface area contributed by atoms with Gasteiger partial charge in [-0.1, -0.05) is 39.0 Å². The number of hydrogen-bond donors (Lipinski definition) is 2. The van der Waals surface area contributed by atoms with Gasteiger partial charge in [0.1, 0.15) is 5.75 Å². The Morgan fingerprint density at radius 3 is 2.36 bits per heavy atom. The lowest BCUT2D eigenvalue weighted by Gasteiger charge is -2.20. The van der Waals surface area contributed by atoms with E-state index in [0.717, 1.165) is 10.6 Å². The number of rotatable bonds is 6. The fourth-order valence-corrected chi connectivity index (χ4v) is 2.69. The van der Waals surface area contributed by atoms with Gasteiger partial charge in [0.15, 0.2) is 0 Å². The van der Waals surface area contributed by atoms with Crippen LogP contribution in [0.1, 0.15) is 39.7 Å². The molecule has 0 bridgehead atoms. The van der Waals surface area contributed by atoms with E-state index in [1.54, 1.807) is 24.3 Å². The number of benzene rings is 2. The van der Waals surface area contributed by atoms with Crippen LogP contribution in [0.25, 0.3) is 0 Å². The summed E-state index contributed by atoms with van der Waals surface area (Å²) in [5.41, 5.74) is 8.03. The summed E-state index contributed by atoms with van der Waals surface area (Å²) in [6, 6.07) is 14.2. The lowest BCUT2D eigenvalue weighted by Crippen LogP contribution is -2.43. The molecule has 0 heterocycles. The van der Waals surface area contributed by atoms with Crippen LogP contribution in [0, 0.1) is 0 Å². The molecule has 0 aliphatic heterocycles. The molecular formula is C22H29N3O3. The second kappa shape index (κ2) is 9.26. The van der Waals surface area contributed by atoms with Gasteiger partial charge in [0.05, 0.1) is 12.3 Å². The van der Waals surface area contributed by atoms with Gasteiger partial charge in [0.2, 0.25) is 5.91 Å². The zero-order valence-electron chi connectivity index (χ0n) is 17.0. The number of hydrogen-bond acceptors (Lipinski definition) is 4. The molecule has 0 fully saturated rings. The van der Waals surface area contributed by atoms with Gasteiger partial charge in [-0.2, -0.15) is 0 Å².